The molecular formula is C44H85NO10. The maximum absolute atomic E-state index is 13.0. The van der Waals surface area contributed by atoms with Crippen LogP contribution in [0.3, 0.4) is 0 Å². The van der Waals surface area contributed by atoms with Crippen molar-refractivity contribution in [3.63, 3.8) is 0 Å². The van der Waals surface area contributed by atoms with E-state index in [1.165, 1.54) is 109 Å². The van der Waals surface area contributed by atoms with E-state index >= 15 is 0 Å². The maximum atomic E-state index is 13.0. The highest BCUT2D eigenvalue weighted by Crippen LogP contribution is 2.23. The Balaban J connectivity index is 2.37. The van der Waals surface area contributed by atoms with Crippen molar-refractivity contribution in [1.82, 2.24) is 5.32 Å². The van der Waals surface area contributed by atoms with Gasteiger partial charge in [-0.15, -0.1) is 0 Å². The standard InChI is InChI=1S/C44H85NO10/c1-3-5-7-9-11-13-14-15-16-17-18-19-20-21-22-23-24-26-28-30-32-37(48)43(53)45-35(34-54-44-42(52)41(51)40(50)38(33-46)55-44)39(49)36(47)31-29-27-25-12-10-8-6-4-2/h12,25,35-42,44,46-52H,3-11,13-24,26-34H2,1-2H3,(H,45,53)/b25-12+. The number of allylic oxidation sites excluding steroid dienone is 2. The average Bonchev–Trinajstić information content (AvgIpc) is 3.18. The Morgan fingerprint density at radius 1 is 0.618 bits per heavy atom. The SMILES string of the molecule is CCCCC/C=C/CCCC(O)C(O)C(COC1OC(CO)C(O)C(O)C1O)NC(=O)C(O)CCCCCCCCCCCCCCCCCCCCCC. The van der Waals surface area contributed by atoms with E-state index in [1.54, 1.807) is 0 Å². The highest BCUT2D eigenvalue weighted by molar-refractivity contribution is 5.80. The Kier molecular flexibility index (Phi) is 32.9. The number of hydrogen-bond donors (Lipinski definition) is 8. The summed E-state index contributed by atoms with van der Waals surface area (Å²) in [5, 5.41) is 75.3. The molecule has 0 aromatic heterocycles. The number of hydrogen-bond acceptors (Lipinski definition) is 10. The second kappa shape index (κ2) is 34.9. The lowest BCUT2D eigenvalue weighted by Gasteiger charge is -2.40. The van der Waals surface area contributed by atoms with Gasteiger partial charge in [0, 0.05) is 0 Å². The summed E-state index contributed by atoms with van der Waals surface area (Å²) in [4.78, 5) is 13.0. The molecule has 1 fully saturated rings. The summed E-state index contributed by atoms with van der Waals surface area (Å²) in [5.41, 5.74) is 0. The second-order valence-corrected chi connectivity index (χ2v) is 16.1. The van der Waals surface area contributed by atoms with Crippen molar-refractivity contribution in [1.29, 1.82) is 0 Å². The second-order valence-electron chi connectivity index (χ2n) is 16.1. The van der Waals surface area contributed by atoms with Crippen molar-refractivity contribution in [3.05, 3.63) is 12.2 Å². The number of aliphatic hydroxyl groups excluding tert-OH is 7. The molecule has 1 amide bonds. The van der Waals surface area contributed by atoms with E-state index in [-0.39, 0.29) is 12.8 Å². The molecule has 8 N–H and O–H groups in total. The first kappa shape index (κ1) is 51.9. The number of amides is 1. The van der Waals surface area contributed by atoms with E-state index in [0.29, 0.717) is 12.8 Å². The molecule has 0 radical (unpaired) electrons. The van der Waals surface area contributed by atoms with Crippen molar-refractivity contribution in [2.45, 2.75) is 249 Å². The van der Waals surface area contributed by atoms with Crippen molar-refractivity contribution in [2.75, 3.05) is 13.2 Å². The third-order valence-corrected chi connectivity index (χ3v) is 11.1. The van der Waals surface area contributed by atoms with Crippen LogP contribution in [0.25, 0.3) is 0 Å². The third-order valence-electron chi connectivity index (χ3n) is 11.1. The molecule has 0 aliphatic carbocycles. The van der Waals surface area contributed by atoms with Gasteiger partial charge in [0.05, 0.1) is 25.4 Å². The van der Waals surface area contributed by atoms with Gasteiger partial charge in [-0.2, -0.15) is 0 Å². The van der Waals surface area contributed by atoms with Crippen LogP contribution >= 0.6 is 0 Å². The van der Waals surface area contributed by atoms with Crippen LogP contribution in [-0.2, 0) is 14.3 Å². The van der Waals surface area contributed by atoms with E-state index in [1.807, 2.05) is 0 Å². The van der Waals surface area contributed by atoms with Crippen LogP contribution < -0.4 is 5.32 Å². The van der Waals surface area contributed by atoms with E-state index in [2.05, 4.69) is 31.3 Å². The van der Waals surface area contributed by atoms with E-state index < -0.39 is 74.2 Å². The Morgan fingerprint density at radius 3 is 1.56 bits per heavy atom. The quantitative estimate of drug-likeness (QED) is 0.0243. The zero-order valence-electron chi connectivity index (χ0n) is 34.9. The van der Waals surface area contributed by atoms with Crippen LogP contribution in [0, 0.1) is 0 Å². The molecule has 11 heteroatoms. The summed E-state index contributed by atoms with van der Waals surface area (Å²) < 4.78 is 11.0. The summed E-state index contributed by atoms with van der Waals surface area (Å²) in [5.74, 6) is -0.707. The van der Waals surface area contributed by atoms with Gasteiger partial charge in [-0.1, -0.05) is 167 Å². The molecule has 1 saturated heterocycles. The molecule has 55 heavy (non-hydrogen) atoms. The molecule has 0 bridgehead atoms. The number of nitrogens with one attached hydrogen (secondary N) is 1. The molecule has 326 valence electrons. The summed E-state index contributed by atoms with van der Waals surface area (Å²) in [7, 11) is 0. The Bertz CT molecular complexity index is 908. The van der Waals surface area contributed by atoms with Crippen LogP contribution in [0.1, 0.15) is 194 Å². The summed E-state index contributed by atoms with van der Waals surface area (Å²) in [6.07, 6.45) is 24.4. The molecule has 1 aliphatic heterocycles. The van der Waals surface area contributed by atoms with Gasteiger partial charge in [0.1, 0.15) is 36.6 Å². The van der Waals surface area contributed by atoms with Crippen molar-refractivity contribution >= 4 is 5.91 Å². The first-order chi connectivity index (χ1) is 26.7. The maximum Gasteiger partial charge on any atom is 0.249 e. The largest absolute Gasteiger partial charge is 0.394 e. The van der Waals surface area contributed by atoms with E-state index in [4.69, 9.17) is 9.47 Å². The molecule has 1 rings (SSSR count). The lowest BCUT2D eigenvalue weighted by Crippen LogP contribution is -2.60. The predicted molar refractivity (Wildman–Crippen MR) is 219 cm³/mol. The van der Waals surface area contributed by atoms with Crippen molar-refractivity contribution in [3.8, 4) is 0 Å². The lowest BCUT2D eigenvalue weighted by atomic mass is 9.98. The smallest absolute Gasteiger partial charge is 0.249 e. The molecule has 9 unspecified atom stereocenters. The van der Waals surface area contributed by atoms with Gasteiger partial charge in [0.25, 0.3) is 0 Å². The molecule has 9 atom stereocenters. The highest BCUT2D eigenvalue weighted by Gasteiger charge is 2.44. The van der Waals surface area contributed by atoms with Crippen molar-refractivity contribution < 1.29 is 50.0 Å². The van der Waals surface area contributed by atoms with Crippen molar-refractivity contribution in [2.24, 2.45) is 0 Å². The van der Waals surface area contributed by atoms with Crippen LogP contribution in [0.5, 0.6) is 0 Å². The van der Waals surface area contributed by atoms with E-state index in [0.717, 1.165) is 44.9 Å². The molecule has 11 nitrogen and oxygen atoms in total. The number of carbonyl (C=O) groups excluding carboxylic acids is 1. The minimum Gasteiger partial charge on any atom is -0.394 e. The summed E-state index contributed by atoms with van der Waals surface area (Å²) in [6, 6.07) is -1.18. The van der Waals surface area contributed by atoms with Gasteiger partial charge < -0.3 is 50.5 Å². The van der Waals surface area contributed by atoms with Gasteiger partial charge in [0.15, 0.2) is 6.29 Å². The van der Waals surface area contributed by atoms with Gasteiger partial charge >= 0.3 is 0 Å². The predicted octanol–water partition coefficient (Wildman–Crippen LogP) is 6.89. The van der Waals surface area contributed by atoms with E-state index in [9.17, 15) is 40.5 Å². The fraction of sp³-hybridized carbons (Fsp3) is 0.932. The van der Waals surface area contributed by atoms with Gasteiger partial charge in [-0.05, 0) is 38.5 Å². The monoisotopic (exact) mass is 788 g/mol. The highest BCUT2D eigenvalue weighted by atomic mass is 16.7. The molecule has 0 aromatic carbocycles. The zero-order chi connectivity index (χ0) is 40.5. The van der Waals surface area contributed by atoms with Crippen LogP contribution in [0.15, 0.2) is 12.2 Å². The van der Waals surface area contributed by atoms with Crippen LogP contribution in [0.2, 0.25) is 0 Å². The lowest BCUT2D eigenvalue weighted by molar-refractivity contribution is -0.303. The first-order valence-electron chi connectivity index (χ1n) is 22.6. The number of aliphatic hydroxyl groups is 7. The molecule has 0 spiro atoms. The topological polar surface area (TPSA) is 189 Å². The minimum atomic E-state index is -1.66. The van der Waals surface area contributed by atoms with Crippen LogP contribution in [0.4, 0.5) is 0 Å². The van der Waals surface area contributed by atoms with Crippen LogP contribution in [-0.4, -0.2) is 110 Å². The fourth-order valence-electron chi connectivity index (χ4n) is 7.26. The summed E-state index contributed by atoms with van der Waals surface area (Å²) in [6.45, 7) is 3.36. The number of rotatable bonds is 37. The van der Waals surface area contributed by atoms with Gasteiger partial charge in [-0.3, -0.25) is 4.79 Å². The third kappa shape index (κ3) is 25.1. The molecular weight excluding hydrogens is 702 g/mol. The molecule has 1 aliphatic rings. The molecule has 1 heterocycles. The summed E-state index contributed by atoms with van der Waals surface area (Å²) >= 11 is 0. The Hall–Kier alpha value is -1.15. The number of ether oxygens (including phenoxy) is 2. The Labute approximate surface area is 334 Å². The average molecular weight is 788 g/mol. The van der Waals surface area contributed by atoms with Gasteiger partial charge in [-0.25, -0.2) is 0 Å². The van der Waals surface area contributed by atoms with Gasteiger partial charge in [0.2, 0.25) is 5.91 Å². The zero-order valence-corrected chi connectivity index (χ0v) is 34.9. The Morgan fingerprint density at radius 2 is 1.07 bits per heavy atom. The number of carbonyl (C=O) groups is 1. The first-order valence-corrected chi connectivity index (χ1v) is 22.6. The normalized spacial score (nSPS) is 22.5. The fourth-order valence-corrected chi connectivity index (χ4v) is 7.26. The minimum absolute atomic E-state index is 0.258. The number of unbranched alkanes of at least 4 members (excludes halogenated alkanes) is 23. The molecule has 0 aromatic rings. The molecule has 0 saturated carbocycles.